The van der Waals surface area contributed by atoms with Crippen LogP contribution in [0.2, 0.25) is 5.02 Å². The number of nitrogens with zero attached hydrogens (tertiary/aromatic N) is 3. The van der Waals surface area contributed by atoms with E-state index in [-0.39, 0.29) is 16.9 Å². The van der Waals surface area contributed by atoms with Gasteiger partial charge in [0.15, 0.2) is 5.84 Å². The monoisotopic (exact) mass is 351 g/mol. The second-order valence-electron chi connectivity index (χ2n) is 5.36. The summed E-state index contributed by atoms with van der Waals surface area (Å²) >= 11 is 5.75. The van der Waals surface area contributed by atoms with Crippen molar-refractivity contribution in [2.45, 2.75) is 26.8 Å². The molecule has 0 atom stereocenters. The lowest BCUT2D eigenvalue weighted by molar-refractivity contribution is 0.290. The molecule has 2 aromatic rings. The van der Waals surface area contributed by atoms with Gasteiger partial charge in [0.1, 0.15) is 11.6 Å². The summed E-state index contributed by atoms with van der Waals surface area (Å²) in [5.74, 6) is 0.564. The molecule has 0 aliphatic rings. The van der Waals surface area contributed by atoms with E-state index in [1.165, 1.54) is 18.2 Å². The van der Waals surface area contributed by atoms with Gasteiger partial charge in [-0.3, -0.25) is 0 Å². The highest BCUT2D eigenvalue weighted by Crippen LogP contribution is 2.25. The quantitative estimate of drug-likeness (QED) is 0.372. The molecule has 0 bridgehead atoms. The van der Waals surface area contributed by atoms with Gasteiger partial charge in [0.2, 0.25) is 5.88 Å². The van der Waals surface area contributed by atoms with Crippen LogP contribution in [0.4, 0.5) is 4.39 Å². The van der Waals surface area contributed by atoms with Crippen LogP contribution < -0.4 is 4.74 Å². The number of ether oxygens (including phenoxy) is 1. The van der Waals surface area contributed by atoms with E-state index in [1.54, 1.807) is 18.3 Å². The summed E-state index contributed by atoms with van der Waals surface area (Å²) in [5.41, 5.74) is 0.659. The lowest BCUT2D eigenvalue weighted by Gasteiger charge is -2.27. The summed E-state index contributed by atoms with van der Waals surface area (Å²) in [5, 5.41) is 12.8. The van der Waals surface area contributed by atoms with Gasteiger partial charge in [-0.1, -0.05) is 16.8 Å². The molecule has 1 heterocycles. The summed E-state index contributed by atoms with van der Waals surface area (Å²) in [4.78, 5) is 6.06. The van der Waals surface area contributed by atoms with Gasteiger partial charge in [-0.25, -0.2) is 9.37 Å². The highest BCUT2D eigenvalue weighted by Gasteiger charge is 2.17. The molecule has 5 nitrogen and oxygen atoms in total. The SMILES string of the molecule is CCN(/C(=N\O)c1ccnc(Oc2ccc(F)c(Cl)c2)c1)C(C)C. The number of halogens is 2. The second kappa shape index (κ2) is 7.97. The van der Waals surface area contributed by atoms with Crippen molar-refractivity contribution in [3.8, 4) is 11.6 Å². The minimum absolute atomic E-state index is 0.0294. The predicted octanol–water partition coefficient (Wildman–Crippen LogP) is 4.53. The fraction of sp³-hybridized carbons (Fsp3) is 0.294. The third kappa shape index (κ3) is 4.14. The van der Waals surface area contributed by atoms with E-state index in [0.717, 1.165) is 0 Å². The van der Waals surface area contributed by atoms with Gasteiger partial charge < -0.3 is 14.8 Å². The highest BCUT2D eigenvalue weighted by atomic mass is 35.5. The van der Waals surface area contributed by atoms with Gasteiger partial charge in [0.25, 0.3) is 0 Å². The summed E-state index contributed by atoms with van der Waals surface area (Å²) in [6, 6.07) is 7.60. The maximum Gasteiger partial charge on any atom is 0.219 e. The zero-order valence-corrected chi connectivity index (χ0v) is 14.5. The smallest absolute Gasteiger partial charge is 0.219 e. The minimum Gasteiger partial charge on any atom is -0.439 e. The molecule has 0 saturated heterocycles. The minimum atomic E-state index is -0.518. The molecule has 0 saturated carbocycles. The average molecular weight is 352 g/mol. The van der Waals surface area contributed by atoms with Crippen LogP contribution in [0, 0.1) is 5.82 Å². The Kier molecular flexibility index (Phi) is 5.98. The maximum absolute atomic E-state index is 13.2. The number of benzene rings is 1. The summed E-state index contributed by atoms with van der Waals surface area (Å²) < 4.78 is 18.8. The summed E-state index contributed by atoms with van der Waals surface area (Å²) in [6.07, 6.45) is 1.55. The number of aromatic nitrogens is 1. The van der Waals surface area contributed by atoms with Crippen LogP contribution in [0.15, 0.2) is 41.7 Å². The molecule has 1 N–H and O–H groups in total. The Labute approximate surface area is 145 Å². The van der Waals surface area contributed by atoms with E-state index < -0.39 is 5.82 Å². The van der Waals surface area contributed by atoms with Crippen molar-refractivity contribution in [1.82, 2.24) is 9.88 Å². The summed E-state index contributed by atoms with van der Waals surface area (Å²) in [6.45, 7) is 6.68. The Morgan fingerprint density at radius 2 is 2.12 bits per heavy atom. The Bertz CT molecular complexity index is 738. The van der Waals surface area contributed by atoms with Crippen LogP contribution >= 0.6 is 11.6 Å². The molecule has 128 valence electrons. The average Bonchev–Trinajstić information content (AvgIpc) is 2.55. The number of pyridine rings is 1. The Hall–Kier alpha value is -2.34. The predicted molar refractivity (Wildman–Crippen MR) is 91.6 cm³/mol. The van der Waals surface area contributed by atoms with Gasteiger partial charge in [-0.15, -0.1) is 0 Å². The Morgan fingerprint density at radius 3 is 2.71 bits per heavy atom. The fourth-order valence-electron chi connectivity index (χ4n) is 2.31. The van der Waals surface area contributed by atoms with Crippen LogP contribution in [0.5, 0.6) is 11.6 Å². The molecule has 24 heavy (non-hydrogen) atoms. The number of amidine groups is 1. The van der Waals surface area contributed by atoms with E-state index in [1.807, 2.05) is 25.7 Å². The molecule has 1 aromatic heterocycles. The van der Waals surface area contributed by atoms with Gasteiger partial charge in [-0.05, 0) is 39.0 Å². The Balaban J connectivity index is 2.29. The van der Waals surface area contributed by atoms with Crippen molar-refractivity contribution in [2.24, 2.45) is 5.16 Å². The topological polar surface area (TPSA) is 58.0 Å². The number of hydrogen-bond acceptors (Lipinski definition) is 4. The van der Waals surface area contributed by atoms with E-state index in [0.29, 0.717) is 23.7 Å². The molecule has 0 unspecified atom stereocenters. The van der Waals surface area contributed by atoms with Gasteiger partial charge in [0, 0.05) is 36.5 Å². The first-order valence-corrected chi connectivity index (χ1v) is 7.92. The van der Waals surface area contributed by atoms with Crippen molar-refractivity contribution in [3.05, 3.63) is 52.9 Å². The van der Waals surface area contributed by atoms with Gasteiger partial charge in [-0.2, -0.15) is 0 Å². The third-order valence-corrected chi connectivity index (χ3v) is 3.73. The number of oxime groups is 1. The molecule has 2 rings (SSSR count). The first-order valence-electron chi connectivity index (χ1n) is 7.54. The molecular weight excluding hydrogens is 333 g/mol. The molecule has 0 spiro atoms. The van der Waals surface area contributed by atoms with E-state index in [9.17, 15) is 9.60 Å². The van der Waals surface area contributed by atoms with Crippen LogP contribution in [-0.2, 0) is 0 Å². The third-order valence-electron chi connectivity index (χ3n) is 3.44. The van der Waals surface area contributed by atoms with Crippen molar-refractivity contribution < 1.29 is 14.3 Å². The van der Waals surface area contributed by atoms with Crippen LogP contribution in [0.1, 0.15) is 26.3 Å². The van der Waals surface area contributed by atoms with E-state index >= 15 is 0 Å². The molecule has 1 aromatic carbocycles. The molecule has 0 amide bonds. The van der Waals surface area contributed by atoms with Crippen molar-refractivity contribution in [2.75, 3.05) is 6.54 Å². The second-order valence-corrected chi connectivity index (χ2v) is 5.77. The van der Waals surface area contributed by atoms with Crippen LogP contribution in [0.3, 0.4) is 0 Å². The molecule has 0 aliphatic carbocycles. The molecule has 0 radical (unpaired) electrons. The van der Waals surface area contributed by atoms with Crippen LogP contribution in [0.25, 0.3) is 0 Å². The molecule has 0 fully saturated rings. The zero-order chi connectivity index (χ0) is 17.7. The normalized spacial score (nSPS) is 11.7. The molecular formula is C17H19ClFN3O2. The molecule has 7 heteroatoms. The number of hydrogen-bond donors (Lipinski definition) is 1. The fourth-order valence-corrected chi connectivity index (χ4v) is 2.48. The van der Waals surface area contributed by atoms with Crippen molar-refractivity contribution >= 4 is 17.4 Å². The van der Waals surface area contributed by atoms with Crippen molar-refractivity contribution in [1.29, 1.82) is 0 Å². The van der Waals surface area contributed by atoms with Gasteiger partial charge >= 0.3 is 0 Å². The first kappa shape index (κ1) is 18.0. The van der Waals surface area contributed by atoms with Crippen molar-refractivity contribution in [3.63, 3.8) is 0 Å². The zero-order valence-electron chi connectivity index (χ0n) is 13.7. The molecule has 0 aliphatic heterocycles. The lowest BCUT2D eigenvalue weighted by atomic mass is 10.2. The maximum atomic E-state index is 13.2. The van der Waals surface area contributed by atoms with E-state index in [2.05, 4.69) is 10.1 Å². The lowest BCUT2D eigenvalue weighted by Crippen LogP contribution is -2.37. The largest absolute Gasteiger partial charge is 0.439 e. The first-order chi connectivity index (χ1) is 11.5. The van der Waals surface area contributed by atoms with Crippen LogP contribution in [-0.4, -0.2) is 33.5 Å². The highest BCUT2D eigenvalue weighted by molar-refractivity contribution is 6.30. The van der Waals surface area contributed by atoms with Gasteiger partial charge in [0.05, 0.1) is 5.02 Å². The summed E-state index contributed by atoms with van der Waals surface area (Å²) in [7, 11) is 0. The van der Waals surface area contributed by atoms with E-state index in [4.69, 9.17) is 16.3 Å². The number of rotatable bonds is 5. The Morgan fingerprint density at radius 1 is 1.38 bits per heavy atom. The standard InChI is InChI=1S/C17H19ClFN3O2/c1-4-22(11(2)3)17(21-23)12-7-8-20-16(9-12)24-13-5-6-15(19)14(18)10-13/h5-11,23H,4H2,1-3H3/b21-17-.